The van der Waals surface area contributed by atoms with Gasteiger partial charge in [0.25, 0.3) is 0 Å². The number of hydrogen-bond acceptors (Lipinski definition) is 3. The van der Waals surface area contributed by atoms with Crippen LogP contribution in [0.4, 0.5) is 5.69 Å². The summed E-state index contributed by atoms with van der Waals surface area (Å²) in [6, 6.07) is 7.74. The Balaban J connectivity index is 0.00000162. The highest BCUT2D eigenvalue weighted by Gasteiger charge is 2.19. The number of hydrogen-bond donors (Lipinski definition) is 1. The van der Waals surface area contributed by atoms with E-state index in [-0.39, 0.29) is 19.0 Å². The van der Waals surface area contributed by atoms with Crippen molar-refractivity contribution >= 4 is 35.7 Å². The molecule has 1 saturated heterocycles. The highest BCUT2D eigenvalue weighted by atomic mass is 35.5. The van der Waals surface area contributed by atoms with Gasteiger partial charge < -0.3 is 10.0 Å². The predicted octanol–water partition coefficient (Wildman–Crippen LogP) is 1.97. The molecule has 0 radical (unpaired) electrons. The van der Waals surface area contributed by atoms with E-state index in [0.29, 0.717) is 0 Å². The molecule has 1 heterocycles. The molecule has 100 valence electrons. The van der Waals surface area contributed by atoms with Crippen molar-refractivity contribution in [1.29, 1.82) is 0 Å². The minimum absolute atomic E-state index is 0. The predicted molar refractivity (Wildman–Crippen MR) is 75.0 cm³/mol. The van der Waals surface area contributed by atoms with Crippen molar-refractivity contribution in [1.82, 2.24) is 4.90 Å². The van der Waals surface area contributed by atoms with Gasteiger partial charge in [-0.25, -0.2) is 0 Å². The van der Waals surface area contributed by atoms with Crippen LogP contribution in [0.1, 0.15) is 0 Å². The molecule has 0 spiro atoms. The lowest BCUT2D eigenvalue weighted by atomic mass is 10.2. The Labute approximate surface area is 118 Å². The Kier molecular flexibility index (Phi) is 5.72. The summed E-state index contributed by atoms with van der Waals surface area (Å²) < 4.78 is 0. The number of halogens is 2. The number of carboxylic acids is 1. The van der Waals surface area contributed by atoms with E-state index in [1.807, 2.05) is 29.2 Å². The van der Waals surface area contributed by atoms with Crippen molar-refractivity contribution in [2.75, 3.05) is 37.6 Å². The van der Waals surface area contributed by atoms with Crippen LogP contribution in [0.3, 0.4) is 0 Å². The number of benzene rings is 1. The SMILES string of the molecule is Cl.O=C(O)CN1CCN(c2ccccc2Cl)CC1. The van der Waals surface area contributed by atoms with Crippen molar-refractivity contribution in [3.05, 3.63) is 29.3 Å². The molecule has 0 aliphatic carbocycles. The molecule has 6 heteroatoms. The van der Waals surface area contributed by atoms with Crippen LogP contribution in [0.25, 0.3) is 0 Å². The van der Waals surface area contributed by atoms with Crippen molar-refractivity contribution in [3.63, 3.8) is 0 Å². The molecular weight excluding hydrogens is 275 g/mol. The molecule has 1 aromatic carbocycles. The Morgan fingerprint density at radius 3 is 2.39 bits per heavy atom. The number of para-hydroxylation sites is 1. The fourth-order valence-corrected chi connectivity index (χ4v) is 2.30. The standard InChI is InChI=1S/C12H15ClN2O2.ClH/c13-10-3-1-2-4-11(10)15-7-5-14(6-8-15)9-12(16)17;/h1-4H,5-9H2,(H,16,17);1H. The van der Waals surface area contributed by atoms with E-state index >= 15 is 0 Å². The second-order valence-corrected chi connectivity index (χ2v) is 4.52. The minimum Gasteiger partial charge on any atom is -0.480 e. The van der Waals surface area contributed by atoms with Gasteiger partial charge in [-0.15, -0.1) is 12.4 Å². The van der Waals surface area contributed by atoms with Crippen LogP contribution in [0, 0.1) is 0 Å². The zero-order valence-corrected chi connectivity index (χ0v) is 11.5. The molecule has 4 nitrogen and oxygen atoms in total. The Morgan fingerprint density at radius 1 is 1.22 bits per heavy atom. The Bertz CT molecular complexity index is 407. The smallest absolute Gasteiger partial charge is 0.317 e. The first kappa shape index (κ1) is 15.1. The van der Waals surface area contributed by atoms with E-state index in [0.717, 1.165) is 36.9 Å². The van der Waals surface area contributed by atoms with E-state index < -0.39 is 5.97 Å². The van der Waals surface area contributed by atoms with Gasteiger partial charge in [0, 0.05) is 26.2 Å². The van der Waals surface area contributed by atoms with E-state index in [4.69, 9.17) is 16.7 Å². The van der Waals surface area contributed by atoms with Crippen molar-refractivity contribution in [2.24, 2.45) is 0 Å². The Morgan fingerprint density at radius 2 is 1.83 bits per heavy atom. The number of carboxylic acid groups (broad SMARTS) is 1. The molecule has 0 bridgehead atoms. The molecule has 0 amide bonds. The number of piperazine rings is 1. The molecular formula is C12H16Cl2N2O2. The van der Waals surface area contributed by atoms with Crippen LogP contribution in [0.15, 0.2) is 24.3 Å². The Hall–Kier alpha value is -0.970. The average molecular weight is 291 g/mol. The van der Waals surface area contributed by atoms with E-state index in [9.17, 15) is 4.79 Å². The number of aliphatic carboxylic acids is 1. The van der Waals surface area contributed by atoms with Crippen molar-refractivity contribution < 1.29 is 9.90 Å². The van der Waals surface area contributed by atoms with Crippen LogP contribution in [0.2, 0.25) is 5.02 Å². The van der Waals surface area contributed by atoms with Gasteiger partial charge in [0.2, 0.25) is 0 Å². The molecule has 2 rings (SSSR count). The van der Waals surface area contributed by atoms with Gasteiger partial charge in [0.05, 0.1) is 17.3 Å². The van der Waals surface area contributed by atoms with Crippen LogP contribution in [-0.2, 0) is 4.79 Å². The molecule has 0 unspecified atom stereocenters. The quantitative estimate of drug-likeness (QED) is 0.924. The third kappa shape index (κ3) is 3.77. The summed E-state index contributed by atoms with van der Waals surface area (Å²) >= 11 is 6.13. The third-order valence-corrected chi connectivity index (χ3v) is 3.24. The fourth-order valence-electron chi connectivity index (χ4n) is 2.05. The van der Waals surface area contributed by atoms with Gasteiger partial charge in [0.1, 0.15) is 0 Å². The van der Waals surface area contributed by atoms with Crippen LogP contribution in [0.5, 0.6) is 0 Å². The van der Waals surface area contributed by atoms with Gasteiger partial charge in [-0.05, 0) is 12.1 Å². The highest BCUT2D eigenvalue weighted by molar-refractivity contribution is 6.33. The first-order valence-corrected chi connectivity index (χ1v) is 5.98. The number of anilines is 1. The van der Waals surface area contributed by atoms with E-state index in [1.54, 1.807) is 0 Å². The molecule has 1 N–H and O–H groups in total. The molecule has 0 aromatic heterocycles. The van der Waals surface area contributed by atoms with Gasteiger partial charge in [-0.3, -0.25) is 9.69 Å². The lowest BCUT2D eigenvalue weighted by molar-refractivity contribution is -0.138. The van der Waals surface area contributed by atoms with Gasteiger partial charge in [-0.2, -0.15) is 0 Å². The zero-order chi connectivity index (χ0) is 12.3. The second kappa shape index (κ2) is 6.83. The number of carbonyl (C=O) groups is 1. The monoisotopic (exact) mass is 290 g/mol. The maximum absolute atomic E-state index is 10.6. The normalized spacial score (nSPS) is 16.2. The van der Waals surface area contributed by atoms with E-state index in [2.05, 4.69) is 4.90 Å². The fraction of sp³-hybridized carbons (Fsp3) is 0.417. The van der Waals surface area contributed by atoms with Gasteiger partial charge in [0.15, 0.2) is 0 Å². The zero-order valence-electron chi connectivity index (χ0n) is 9.88. The first-order chi connectivity index (χ1) is 8.16. The minimum atomic E-state index is -0.767. The van der Waals surface area contributed by atoms with Crippen molar-refractivity contribution in [3.8, 4) is 0 Å². The molecule has 1 aliphatic rings. The summed E-state index contributed by atoms with van der Waals surface area (Å²) in [6.45, 7) is 3.28. The molecule has 18 heavy (non-hydrogen) atoms. The lowest BCUT2D eigenvalue weighted by Crippen LogP contribution is -2.48. The molecule has 1 aliphatic heterocycles. The summed E-state index contributed by atoms with van der Waals surface area (Å²) in [5, 5.41) is 9.47. The highest BCUT2D eigenvalue weighted by Crippen LogP contribution is 2.25. The van der Waals surface area contributed by atoms with Crippen LogP contribution in [-0.4, -0.2) is 48.7 Å². The summed E-state index contributed by atoms with van der Waals surface area (Å²) in [5.74, 6) is -0.767. The molecule has 0 atom stereocenters. The largest absolute Gasteiger partial charge is 0.480 e. The maximum atomic E-state index is 10.6. The second-order valence-electron chi connectivity index (χ2n) is 4.11. The third-order valence-electron chi connectivity index (χ3n) is 2.92. The summed E-state index contributed by atoms with van der Waals surface area (Å²) in [7, 11) is 0. The topological polar surface area (TPSA) is 43.8 Å². The van der Waals surface area contributed by atoms with Crippen LogP contribution < -0.4 is 4.90 Å². The first-order valence-electron chi connectivity index (χ1n) is 5.60. The summed E-state index contributed by atoms with van der Waals surface area (Å²) in [4.78, 5) is 14.7. The lowest BCUT2D eigenvalue weighted by Gasteiger charge is -2.35. The van der Waals surface area contributed by atoms with Gasteiger partial charge in [-0.1, -0.05) is 23.7 Å². The van der Waals surface area contributed by atoms with E-state index in [1.165, 1.54) is 0 Å². The summed E-state index contributed by atoms with van der Waals surface area (Å²) in [6.07, 6.45) is 0. The van der Waals surface area contributed by atoms with Gasteiger partial charge >= 0.3 is 5.97 Å². The molecule has 1 fully saturated rings. The van der Waals surface area contributed by atoms with Crippen LogP contribution >= 0.6 is 24.0 Å². The number of rotatable bonds is 3. The number of nitrogens with zero attached hydrogens (tertiary/aromatic N) is 2. The summed E-state index contributed by atoms with van der Waals surface area (Å²) in [5.41, 5.74) is 1.03. The molecule has 1 aromatic rings. The molecule has 0 saturated carbocycles. The average Bonchev–Trinajstić information content (AvgIpc) is 2.30. The van der Waals surface area contributed by atoms with Crippen molar-refractivity contribution in [2.45, 2.75) is 0 Å². The maximum Gasteiger partial charge on any atom is 0.317 e.